The number of nitrogens with zero attached hydrogens (tertiary/aromatic N) is 3. The molecule has 2 rings (SSSR count). The third-order valence-electron chi connectivity index (χ3n) is 3.87. The Morgan fingerprint density at radius 3 is 1.90 bits per heavy atom. The van der Waals surface area contributed by atoms with Crippen LogP contribution < -0.4 is 5.32 Å². The van der Waals surface area contributed by atoms with E-state index in [1.54, 1.807) is 7.05 Å². The second-order valence-corrected chi connectivity index (χ2v) is 5.28. The second kappa shape index (κ2) is 10.2. The summed E-state index contributed by atoms with van der Waals surface area (Å²) in [5, 5.41) is 2.88. The van der Waals surface area contributed by atoms with E-state index in [2.05, 4.69) is 10.2 Å². The molecule has 0 bridgehead atoms. The van der Waals surface area contributed by atoms with E-state index >= 15 is 0 Å². The normalized spacial score (nSPS) is 18.9. The topological polar surface area (TPSA) is 55.9 Å². The average Bonchev–Trinajstić information content (AvgIpc) is 2.94. The standard InChI is InChI=1S/C13H24N4O2.2ClH/c1-14-10-12(18)17-8-6-15(7-9-17)11-13(19)16-4-2-3-5-16;;/h14H,2-11H2,1H3;2*1H. The number of carbonyl (C=O) groups is 2. The first-order valence-corrected chi connectivity index (χ1v) is 7.13. The Morgan fingerprint density at radius 2 is 1.38 bits per heavy atom. The molecule has 2 amide bonds. The zero-order valence-electron chi connectivity index (χ0n) is 12.5. The molecule has 0 aromatic rings. The quantitative estimate of drug-likeness (QED) is 0.771. The number of hydrogen-bond acceptors (Lipinski definition) is 4. The summed E-state index contributed by atoms with van der Waals surface area (Å²) >= 11 is 0. The predicted molar refractivity (Wildman–Crippen MR) is 87.3 cm³/mol. The second-order valence-electron chi connectivity index (χ2n) is 5.28. The maximum atomic E-state index is 12.0. The van der Waals surface area contributed by atoms with E-state index in [1.165, 1.54) is 0 Å². The molecule has 0 atom stereocenters. The fourth-order valence-corrected chi connectivity index (χ4v) is 2.68. The molecule has 2 aliphatic rings. The average molecular weight is 341 g/mol. The number of rotatable bonds is 4. The first-order chi connectivity index (χ1) is 9.20. The van der Waals surface area contributed by atoms with Crippen LogP contribution in [0.15, 0.2) is 0 Å². The van der Waals surface area contributed by atoms with Crippen molar-refractivity contribution in [3.05, 3.63) is 0 Å². The van der Waals surface area contributed by atoms with Crippen LogP contribution in [0.4, 0.5) is 0 Å². The van der Waals surface area contributed by atoms with Crippen LogP contribution >= 0.6 is 24.8 Å². The summed E-state index contributed by atoms with van der Waals surface area (Å²) in [7, 11) is 1.78. The minimum atomic E-state index is 0. The highest BCUT2D eigenvalue weighted by Crippen LogP contribution is 2.09. The molecule has 2 saturated heterocycles. The third kappa shape index (κ3) is 5.98. The molecule has 0 aliphatic carbocycles. The molecule has 8 heteroatoms. The number of likely N-dealkylation sites (N-methyl/N-ethyl adjacent to an activating group) is 1. The smallest absolute Gasteiger partial charge is 0.236 e. The van der Waals surface area contributed by atoms with Crippen LogP contribution in [-0.2, 0) is 9.59 Å². The maximum absolute atomic E-state index is 12.0. The summed E-state index contributed by atoms with van der Waals surface area (Å²) in [6, 6.07) is 0. The number of likely N-dealkylation sites (tertiary alicyclic amines) is 1. The van der Waals surface area contributed by atoms with Crippen LogP contribution in [0.5, 0.6) is 0 Å². The van der Waals surface area contributed by atoms with Crippen LogP contribution in [-0.4, -0.2) is 85.9 Å². The van der Waals surface area contributed by atoms with Gasteiger partial charge in [0.15, 0.2) is 0 Å². The molecule has 21 heavy (non-hydrogen) atoms. The zero-order valence-corrected chi connectivity index (χ0v) is 14.2. The van der Waals surface area contributed by atoms with Crippen molar-refractivity contribution in [2.24, 2.45) is 0 Å². The molecule has 2 aliphatic heterocycles. The summed E-state index contributed by atoms with van der Waals surface area (Å²) in [5.74, 6) is 0.389. The molecule has 0 aromatic heterocycles. The summed E-state index contributed by atoms with van der Waals surface area (Å²) in [6.07, 6.45) is 2.27. The van der Waals surface area contributed by atoms with Crippen molar-refractivity contribution < 1.29 is 9.59 Å². The Kier molecular flexibility index (Phi) is 9.94. The summed E-state index contributed by atoms with van der Waals surface area (Å²) in [5.41, 5.74) is 0. The first kappa shape index (κ1) is 20.4. The van der Waals surface area contributed by atoms with Gasteiger partial charge >= 0.3 is 0 Å². The zero-order chi connectivity index (χ0) is 13.7. The Bertz CT molecular complexity index is 330. The largest absolute Gasteiger partial charge is 0.342 e. The van der Waals surface area contributed by atoms with Crippen LogP contribution in [0.2, 0.25) is 0 Å². The number of hydrogen-bond donors (Lipinski definition) is 1. The van der Waals surface area contributed by atoms with Crippen molar-refractivity contribution in [1.29, 1.82) is 0 Å². The van der Waals surface area contributed by atoms with E-state index in [1.807, 2.05) is 9.80 Å². The van der Waals surface area contributed by atoms with Crippen molar-refractivity contribution in [3.8, 4) is 0 Å². The highest BCUT2D eigenvalue weighted by atomic mass is 35.5. The van der Waals surface area contributed by atoms with Gasteiger partial charge in [-0.15, -0.1) is 24.8 Å². The van der Waals surface area contributed by atoms with Crippen molar-refractivity contribution >= 4 is 36.6 Å². The van der Waals surface area contributed by atoms with Crippen molar-refractivity contribution in [3.63, 3.8) is 0 Å². The van der Waals surface area contributed by atoms with Gasteiger partial charge in [-0.25, -0.2) is 0 Å². The van der Waals surface area contributed by atoms with E-state index in [4.69, 9.17) is 0 Å². The van der Waals surface area contributed by atoms with Crippen molar-refractivity contribution in [2.75, 3.05) is 59.4 Å². The molecule has 2 fully saturated rings. The predicted octanol–water partition coefficient (Wildman–Crippen LogP) is -0.184. The van der Waals surface area contributed by atoms with Crippen molar-refractivity contribution in [2.45, 2.75) is 12.8 Å². The fourth-order valence-electron chi connectivity index (χ4n) is 2.68. The molecule has 0 radical (unpaired) electrons. The maximum Gasteiger partial charge on any atom is 0.236 e. The van der Waals surface area contributed by atoms with Gasteiger partial charge < -0.3 is 15.1 Å². The molecule has 1 N–H and O–H groups in total. The number of nitrogens with one attached hydrogen (secondary N) is 1. The van der Waals surface area contributed by atoms with Gasteiger partial charge in [0.1, 0.15) is 0 Å². The van der Waals surface area contributed by atoms with Gasteiger partial charge in [0.2, 0.25) is 11.8 Å². The Hall–Kier alpha value is -0.560. The van der Waals surface area contributed by atoms with E-state index in [0.29, 0.717) is 13.1 Å². The molecular formula is C13H26Cl2N4O2. The molecule has 0 unspecified atom stereocenters. The monoisotopic (exact) mass is 340 g/mol. The van der Waals surface area contributed by atoms with Crippen LogP contribution in [0.1, 0.15) is 12.8 Å². The summed E-state index contributed by atoms with van der Waals surface area (Å²) in [6.45, 7) is 5.80. The van der Waals surface area contributed by atoms with E-state index in [9.17, 15) is 9.59 Å². The van der Waals surface area contributed by atoms with Crippen molar-refractivity contribution in [1.82, 2.24) is 20.0 Å². The van der Waals surface area contributed by atoms with Gasteiger partial charge in [0.25, 0.3) is 0 Å². The number of carbonyl (C=O) groups excluding carboxylic acids is 2. The SMILES string of the molecule is CNCC(=O)N1CCN(CC(=O)N2CCCC2)CC1.Cl.Cl. The van der Waals surface area contributed by atoms with Gasteiger partial charge in [-0.1, -0.05) is 0 Å². The molecule has 0 spiro atoms. The van der Waals surface area contributed by atoms with Crippen LogP contribution in [0, 0.1) is 0 Å². The number of halogens is 2. The number of piperazine rings is 1. The van der Waals surface area contributed by atoms with E-state index in [-0.39, 0.29) is 36.6 Å². The molecule has 0 aromatic carbocycles. The molecule has 0 saturated carbocycles. The molecule has 6 nitrogen and oxygen atoms in total. The molecule has 124 valence electrons. The van der Waals surface area contributed by atoms with Gasteiger partial charge in [0.05, 0.1) is 13.1 Å². The lowest BCUT2D eigenvalue weighted by Crippen LogP contribution is -2.52. The molecular weight excluding hydrogens is 315 g/mol. The highest BCUT2D eigenvalue weighted by Gasteiger charge is 2.24. The summed E-state index contributed by atoms with van der Waals surface area (Å²) < 4.78 is 0. The van der Waals surface area contributed by atoms with Gasteiger partial charge in [-0.05, 0) is 19.9 Å². The lowest BCUT2D eigenvalue weighted by molar-refractivity contribution is -0.134. The number of amides is 2. The van der Waals surface area contributed by atoms with Gasteiger partial charge in [-0.3, -0.25) is 14.5 Å². The third-order valence-corrected chi connectivity index (χ3v) is 3.87. The van der Waals surface area contributed by atoms with Gasteiger partial charge in [-0.2, -0.15) is 0 Å². The lowest BCUT2D eigenvalue weighted by atomic mass is 10.3. The van der Waals surface area contributed by atoms with Gasteiger partial charge in [0, 0.05) is 39.3 Å². The summed E-state index contributed by atoms with van der Waals surface area (Å²) in [4.78, 5) is 29.7. The van der Waals surface area contributed by atoms with Crippen LogP contribution in [0.25, 0.3) is 0 Å². The Balaban J connectivity index is 0.00000200. The molecule has 2 heterocycles. The minimum absolute atomic E-state index is 0. The lowest BCUT2D eigenvalue weighted by Gasteiger charge is -2.35. The minimum Gasteiger partial charge on any atom is -0.342 e. The first-order valence-electron chi connectivity index (χ1n) is 7.13. The van der Waals surface area contributed by atoms with Crippen LogP contribution in [0.3, 0.4) is 0 Å². The van der Waals surface area contributed by atoms with E-state index < -0.39 is 0 Å². The Labute approximate surface area is 139 Å². The Morgan fingerprint density at radius 1 is 0.857 bits per heavy atom. The highest BCUT2D eigenvalue weighted by molar-refractivity contribution is 5.85. The fraction of sp³-hybridized carbons (Fsp3) is 0.846. The van der Waals surface area contributed by atoms with E-state index in [0.717, 1.165) is 52.1 Å².